The molecule has 2 atom stereocenters. The molecule has 0 fully saturated rings. The van der Waals surface area contributed by atoms with Crippen molar-refractivity contribution >= 4 is 11.8 Å². The van der Waals surface area contributed by atoms with Crippen molar-refractivity contribution in [1.82, 2.24) is 9.97 Å². The third-order valence-corrected chi connectivity index (χ3v) is 4.39. The number of methoxy groups -OCH3 is 2. The van der Waals surface area contributed by atoms with Crippen LogP contribution in [0.3, 0.4) is 0 Å². The summed E-state index contributed by atoms with van der Waals surface area (Å²) in [6.45, 7) is 8.84. The Kier molecular flexibility index (Phi) is 6.74. The van der Waals surface area contributed by atoms with Crippen molar-refractivity contribution in [2.75, 3.05) is 20.8 Å². The Morgan fingerprint density at radius 2 is 1.71 bits per heavy atom. The highest BCUT2D eigenvalue weighted by molar-refractivity contribution is 7.99. The molecule has 1 N–H and O–H groups in total. The minimum atomic E-state index is 0.0426. The minimum absolute atomic E-state index is 0.0426. The van der Waals surface area contributed by atoms with Crippen LogP contribution in [0.25, 0.3) is 0 Å². The molecule has 0 saturated carbocycles. The van der Waals surface area contributed by atoms with Gasteiger partial charge in [-0.15, -0.1) is 0 Å². The second-order valence-corrected chi connectivity index (χ2v) is 7.52. The molecule has 1 rings (SSSR count). The molecule has 6 heteroatoms. The Bertz CT molecular complexity index is 427. The zero-order chi connectivity index (χ0) is 16.0. The molecule has 1 heterocycles. The van der Waals surface area contributed by atoms with Crippen LogP contribution in [-0.2, 0) is 0 Å². The van der Waals surface area contributed by atoms with E-state index in [1.807, 2.05) is 0 Å². The molecule has 1 aromatic heterocycles. The van der Waals surface area contributed by atoms with E-state index in [-0.39, 0.29) is 17.3 Å². The van der Waals surface area contributed by atoms with Gasteiger partial charge in [0, 0.05) is 5.25 Å². The van der Waals surface area contributed by atoms with Crippen LogP contribution < -0.4 is 9.47 Å². The van der Waals surface area contributed by atoms with Gasteiger partial charge in [-0.1, -0.05) is 39.5 Å². The lowest BCUT2D eigenvalue weighted by Crippen LogP contribution is -2.24. The van der Waals surface area contributed by atoms with Gasteiger partial charge in [0.1, 0.15) is 0 Å². The zero-order valence-electron chi connectivity index (χ0n) is 13.7. The lowest BCUT2D eigenvalue weighted by atomic mass is 9.84. The lowest BCUT2D eigenvalue weighted by molar-refractivity contribution is 0.234. The number of aliphatic hydroxyl groups is 1. The summed E-state index contributed by atoms with van der Waals surface area (Å²) in [7, 11) is 3.12. The molecule has 2 unspecified atom stereocenters. The molecule has 21 heavy (non-hydrogen) atoms. The first-order chi connectivity index (χ1) is 9.78. The maximum absolute atomic E-state index is 9.67. The van der Waals surface area contributed by atoms with E-state index in [9.17, 15) is 5.11 Å². The van der Waals surface area contributed by atoms with E-state index >= 15 is 0 Å². The van der Waals surface area contributed by atoms with E-state index in [0.717, 1.165) is 6.42 Å². The monoisotopic (exact) mass is 314 g/mol. The Morgan fingerprint density at radius 1 is 1.19 bits per heavy atom. The molecule has 120 valence electrons. The molecule has 0 amide bonds. The number of aliphatic hydroxyl groups excluding tert-OH is 1. The standard InChI is InChI=1S/C15H26N2O3S/c1-10(8-15(2,3)4)11(9-18)21-14-16-12(19-5)7-13(17-14)20-6/h7,10-11,18H,8-9H2,1-6H3. The smallest absolute Gasteiger partial charge is 0.220 e. The molecule has 0 saturated heterocycles. The molecule has 5 nitrogen and oxygen atoms in total. The summed E-state index contributed by atoms with van der Waals surface area (Å²) in [5.41, 5.74) is 0.223. The highest BCUT2D eigenvalue weighted by Crippen LogP contribution is 2.34. The highest BCUT2D eigenvalue weighted by Gasteiger charge is 2.24. The first-order valence-corrected chi connectivity index (χ1v) is 7.91. The minimum Gasteiger partial charge on any atom is -0.481 e. The van der Waals surface area contributed by atoms with Gasteiger partial charge in [0.2, 0.25) is 11.8 Å². The van der Waals surface area contributed by atoms with E-state index in [4.69, 9.17) is 9.47 Å². The average Bonchev–Trinajstić information content (AvgIpc) is 2.42. The zero-order valence-corrected chi connectivity index (χ0v) is 14.5. The fourth-order valence-corrected chi connectivity index (χ4v) is 3.17. The molecule has 0 spiro atoms. The van der Waals surface area contributed by atoms with Crippen LogP contribution in [0.2, 0.25) is 0 Å². The summed E-state index contributed by atoms with van der Waals surface area (Å²) in [6.07, 6.45) is 1.02. The molecule has 0 aliphatic carbocycles. The predicted molar refractivity (Wildman–Crippen MR) is 85.1 cm³/mol. The topological polar surface area (TPSA) is 64.5 Å². The van der Waals surface area contributed by atoms with Crippen LogP contribution in [0.4, 0.5) is 0 Å². The average molecular weight is 314 g/mol. The van der Waals surface area contributed by atoms with Gasteiger partial charge in [-0.25, -0.2) is 0 Å². The quantitative estimate of drug-likeness (QED) is 0.616. The predicted octanol–water partition coefficient (Wildman–Crippen LogP) is 3.02. The number of aromatic nitrogens is 2. The summed E-state index contributed by atoms with van der Waals surface area (Å²) in [4.78, 5) is 8.61. The van der Waals surface area contributed by atoms with Gasteiger partial charge in [-0.2, -0.15) is 9.97 Å². The van der Waals surface area contributed by atoms with Gasteiger partial charge in [0.25, 0.3) is 0 Å². The van der Waals surface area contributed by atoms with E-state index in [1.165, 1.54) is 11.8 Å². The molecule has 0 aromatic carbocycles. The van der Waals surface area contributed by atoms with Crippen molar-refractivity contribution in [3.05, 3.63) is 6.07 Å². The van der Waals surface area contributed by atoms with E-state index in [0.29, 0.717) is 22.8 Å². The first-order valence-electron chi connectivity index (χ1n) is 7.03. The van der Waals surface area contributed by atoms with Crippen LogP contribution in [-0.4, -0.2) is 41.2 Å². The SMILES string of the molecule is COc1cc(OC)nc(SC(CO)C(C)CC(C)(C)C)n1. The summed E-state index contributed by atoms with van der Waals surface area (Å²) in [5, 5.41) is 10.3. The van der Waals surface area contributed by atoms with Gasteiger partial charge in [0.15, 0.2) is 5.16 Å². The summed E-state index contributed by atoms with van der Waals surface area (Å²) >= 11 is 1.46. The van der Waals surface area contributed by atoms with Crippen LogP contribution in [0.1, 0.15) is 34.1 Å². The van der Waals surface area contributed by atoms with Gasteiger partial charge in [0.05, 0.1) is 26.9 Å². The first kappa shape index (κ1) is 18.0. The maximum Gasteiger partial charge on any atom is 0.220 e. The van der Waals surface area contributed by atoms with Crippen LogP contribution in [0, 0.1) is 11.3 Å². The van der Waals surface area contributed by atoms with Crippen molar-refractivity contribution in [2.24, 2.45) is 11.3 Å². The molecule has 0 bridgehead atoms. The Hall–Kier alpha value is -1.01. The van der Waals surface area contributed by atoms with Crippen molar-refractivity contribution in [3.8, 4) is 11.8 Å². The maximum atomic E-state index is 9.67. The van der Waals surface area contributed by atoms with Crippen molar-refractivity contribution in [1.29, 1.82) is 0 Å². The van der Waals surface area contributed by atoms with Gasteiger partial charge in [-0.3, -0.25) is 0 Å². The second kappa shape index (κ2) is 7.84. The third kappa shape index (κ3) is 6.09. The number of hydrogen-bond acceptors (Lipinski definition) is 6. The molecule has 1 aromatic rings. The van der Waals surface area contributed by atoms with Crippen molar-refractivity contribution < 1.29 is 14.6 Å². The van der Waals surface area contributed by atoms with Gasteiger partial charge < -0.3 is 14.6 Å². The number of hydrogen-bond donors (Lipinski definition) is 1. The largest absolute Gasteiger partial charge is 0.481 e. The highest BCUT2D eigenvalue weighted by atomic mass is 32.2. The van der Waals surface area contributed by atoms with Gasteiger partial charge in [-0.05, 0) is 17.8 Å². The normalized spacial score (nSPS) is 14.6. The number of rotatable bonds is 7. The lowest BCUT2D eigenvalue weighted by Gasteiger charge is -2.28. The van der Waals surface area contributed by atoms with Crippen molar-refractivity contribution in [2.45, 2.75) is 44.5 Å². The van der Waals surface area contributed by atoms with E-state index in [2.05, 4.69) is 37.7 Å². The summed E-state index contributed by atoms with van der Waals surface area (Å²) in [6, 6.07) is 1.64. The Balaban J connectivity index is 2.85. The number of nitrogens with zero attached hydrogens (tertiary/aromatic N) is 2. The fraction of sp³-hybridized carbons (Fsp3) is 0.733. The number of thioether (sulfide) groups is 1. The summed E-state index contributed by atoms with van der Waals surface area (Å²) in [5.74, 6) is 1.27. The summed E-state index contributed by atoms with van der Waals surface area (Å²) < 4.78 is 10.3. The molecular weight excluding hydrogens is 288 g/mol. The van der Waals surface area contributed by atoms with E-state index in [1.54, 1.807) is 20.3 Å². The molecule has 0 radical (unpaired) electrons. The second-order valence-electron chi connectivity index (χ2n) is 6.32. The Labute approximate surface area is 131 Å². The fourth-order valence-electron chi connectivity index (χ4n) is 2.21. The van der Waals surface area contributed by atoms with Crippen LogP contribution in [0.15, 0.2) is 11.2 Å². The third-order valence-electron chi connectivity index (χ3n) is 3.08. The van der Waals surface area contributed by atoms with E-state index < -0.39 is 0 Å². The van der Waals surface area contributed by atoms with Crippen LogP contribution >= 0.6 is 11.8 Å². The molecule has 0 aliphatic rings. The van der Waals surface area contributed by atoms with Crippen LogP contribution in [0.5, 0.6) is 11.8 Å². The Morgan fingerprint density at radius 3 is 2.10 bits per heavy atom. The molecule has 0 aliphatic heterocycles. The molecular formula is C15H26N2O3S. The van der Waals surface area contributed by atoms with Crippen molar-refractivity contribution in [3.63, 3.8) is 0 Å². The number of ether oxygens (including phenoxy) is 2. The van der Waals surface area contributed by atoms with Gasteiger partial charge >= 0.3 is 0 Å².